The first-order chi connectivity index (χ1) is 8.53. The molecule has 96 valence electrons. The Hall–Kier alpha value is -1.90. The number of rotatable bonds is 5. The third-order valence-electron chi connectivity index (χ3n) is 2.59. The normalized spacial score (nSPS) is 10.8. The zero-order valence-corrected chi connectivity index (χ0v) is 10.2. The lowest BCUT2D eigenvalue weighted by molar-refractivity contribution is -0.123. The van der Waals surface area contributed by atoms with Gasteiger partial charge in [0.15, 0.2) is 0 Å². The van der Waals surface area contributed by atoms with Crippen molar-refractivity contribution in [3.8, 4) is 6.07 Å². The molecule has 1 rings (SSSR count). The van der Waals surface area contributed by atoms with Crippen LogP contribution in [0.25, 0.3) is 0 Å². The Labute approximate surface area is 106 Å². The van der Waals surface area contributed by atoms with Crippen molar-refractivity contribution in [1.82, 2.24) is 5.32 Å². The Morgan fingerprint density at radius 2 is 1.89 bits per heavy atom. The molecule has 0 aromatic heterocycles. The van der Waals surface area contributed by atoms with E-state index in [1.165, 1.54) is 0 Å². The Morgan fingerprint density at radius 1 is 1.33 bits per heavy atom. The van der Waals surface area contributed by atoms with Crippen LogP contribution < -0.4 is 5.32 Å². The molecule has 1 aromatic carbocycles. The molecule has 0 aliphatic heterocycles. The Morgan fingerprint density at radius 3 is 2.33 bits per heavy atom. The summed E-state index contributed by atoms with van der Waals surface area (Å²) >= 11 is 0. The molecule has 1 aromatic rings. The number of nitrogens with zero attached hydrogens (tertiary/aromatic N) is 1. The van der Waals surface area contributed by atoms with Gasteiger partial charge < -0.3 is 15.5 Å². The summed E-state index contributed by atoms with van der Waals surface area (Å²) < 4.78 is 0. The lowest BCUT2D eigenvalue weighted by atomic mass is 10.0. The maximum absolute atomic E-state index is 11.7. The monoisotopic (exact) mass is 248 g/mol. The summed E-state index contributed by atoms with van der Waals surface area (Å²) in [7, 11) is 0. The molecule has 3 N–H and O–H groups in total. The van der Waals surface area contributed by atoms with Crippen molar-refractivity contribution >= 4 is 5.91 Å². The Balaban J connectivity index is 2.62. The number of nitrogens with one attached hydrogen (secondary N) is 1. The van der Waals surface area contributed by atoms with Crippen molar-refractivity contribution < 1.29 is 15.0 Å². The minimum atomic E-state index is -1.01. The largest absolute Gasteiger partial charge is 0.394 e. The number of carbonyl (C=O) groups excluding carboxylic acids is 1. The molecule has 0 unspecified atom stereocenters. The smallest absolute Gasteiger partial charge is 0.224 e. The highest BCUT2D eigenvalue weighted by Gasteiger charge is 2.24. The molecule has 0 atom stereocenters. The van der Waals surface area contributed by atoms with Gasteiger partial charge in [0.25, 0.3) is 0 Å². The standard InChI is InChI=1S/C13H16N2O3/c1-13(8-16,9-17)15-12(18)6-10-2-4-11(7-14)5-3-10/h2-5,16-17H,6,8-9H2,1H3,(H,15,18). The highest BCUT2D eigenvalue weighted by atomic mass is 16.3. The molecule has 0 fully saturated rings. The second kappa shape index (κ2) is 6.15. The number of nitriles is 1. The van der Waals surface area contributed by atoms with Crippen molar-refractivity contribution in [2.24, 2.45) is 0 Å². The first-order valence-corrected chi connectivity index (χ1v) is 5.55. The number of hydrogen-bond donors (Lipinski definition) is 3. The molecule has 0 bridgehead atoms. The van der Waals surface area contributed by atoms with E-state index < -0.39 is 5.54 Å². The van der Waals surface area contributed by atoms with Crippen LogP contribution in [0, 0.1) is 11.3 Å². The summed E-state index contributed by atoms with van der Waals surface area (Å²) in [4.78, 5) is 11.7. The maximum atomic E-state index is 11.7. The molecular weight excluding hydrogens is 232 g/mol. The second-order valence-corrected chi connectivity index (χ2v) is 4.41. The van der Waals surface area contributed by atoms with Gasteiger partial charge in [0.05, 0.1) is 36.8 Å². The molecule has 0 heterocycles. The van der Waals surface area contributed by atoms with Crippen LogP contribution in [0.15, 0.2) is 24.3 Å². The van der Waals surface area contributed by atoms with Crippen LogP contribution in [-0.4, -0.2) is 34.9 Å². The predicted octanol–water partition coefficient (Wildman–Crippen LogP) is -0.0397. The molecule has 0 saturated carbocycles. The molecule has 18 heavy (non-hydrogen) atoms. The summed E-state index contributed by atoms with van der Waals surface area (Å²) in [5, 5.41) is 29.3. The Kier molecular flexibility index (Phi) is 4.84. The van der Waals surface area contributed by atoms with E-state index in [9.17, 15) is 4.79 Å². The van der Waals surface area contributed by atoms with E-state index in [-0.39, 0.29) is 25.5 Å². The zero-order valence-electron chi connectivity index (χ0n) is 10.2. The fraction of sp³-hybridized carbons (Fsp3) is 0.385. The molecule has 0 aliphatic rings. The van der Waals surface area contributed by atoms with Crippen molar-refractivity contribution in [1.29, 1.82) is 5.26 Å². The van der Waals surface area contributed by atoms with Gasteiger partial charge in [-0.3, -0.25) is 4.79 Å². The number of carbonyl (C=O) groups is 1. The van der Waals surface area contributed by atoms with Crippen LogP contribution in [-0.2, 0) is 11.2 Å². The van der Waals surface area contributed by atoms with E-state index in [2.05, 4.69) is 5.32 Å². The zero-order chi connectivity index (χ0) is 13.6. The van der Waals surface area contributed by atoms with E-state index >= 15 is 0 Å². The maximum Gasteiger partial charge on any atom is 0.224 e. The number of benzene rings is 1. The average molecular weight is 248 g/mol. The summed E-state index contributed by atoms with van der Waals surface area (Å²) in [5.74, 6) is -0.287. The third kappa shape index (κ3) is 3.84. The first-order valence-electron chi connectivity index (χ1n) is 5.55. The molecular formula is C13H16N2O3. The molecule has 1 amide bonds. The number of hydrogen-bond acceptors (Lipinski definition) is 4. The molecule has 0 radical (unpaired) electrons. The van der Waals surface area contributed by atoms with Gasteiger partial charge in [0.2, 0.25) is 5.91 Å². The SMILES string of the molecule is CC(CO)(CO)NC(=O)Cc1ccc(C#N)cc1. The highest BCUT2D eigenvalue weighted by molar-refractivity contribution is 5.79. The van der Waals surface area contributed by atoms with Gasteiger partial charge >= 0.3 is 0 Å². The summed E-state index contributed by atoms with van der Waals surface area (Å²) in [6.07, 6.45) is 0.140. The van der Waals surface area contributed by atoms with E-state index in [1.54, 1.807) is 31.2 Å². The quantitative estimate of drug-likeness (QED) is 0.681. The topological polar surface area (TPSA) is 93.3 Å². The molecule has 0 spiro atoms. The van der Waals surface area contributed by atoms with Gasteiger partial charge in [-0.15, -0.1) is 0 Å². The second-order valence-electron chi connectivity index (χ2n) is 4.41. The van der Waals surface area contributed by atoms with Crippen LogP contribution in [0.5, 0.6) is 0 Å². The Bertz CT molecular complexity index is 444. The minimum Gasteiger partial charge on any atom is -0.394 e. The summed E-state index contributed by atoms with van der Waals surface area (Å²) in [6, 6.07) is 8.68. The van der Waals surface area contributed by atoms with Gasteiger partial charge in [-0.2, -0.15) is 5.26 Å². The van der Waals surface area contributed by atoms with Crippen molar-refractivity contribution in [3.05, 3.63) is 35.4 Å². The van der Waals surface area contributed by atoms with Crippen molar-refractivity contribution in [2.75, 3.05) is 13.2 Å². The van der Waals surface area contributed by atoms with E-state index in [4.69, 9.17) is 15.5 Å². The molecule has 0 saturated heterocycles. The highest BCUT2D eigenvalue weighted by Crippen LogP contribution is 2.06. The van der Waals surface area contributed by atoms with E-state index in [1.807, 2.05) is 6.07 Å². The minimum absolute atomic E-state index is 0.140. The molecule has 5 heteroatoms. The van der Waals surface area contributed by atoms with Gasteiger partial charge in [0, 0.05) is 0 Å². The number of aliphatic hydroxyl groups excluding tert-OH is 2. The predicted molar refractivity (Wildman–Crippen MR) is 65.6 cm³/mol. The van der Waals surface area contributed by atoms with Gasteiger partial charge in [-0.1, -0.05) is 12.1 Å². The average Bonchev–Trinajstić information content (AvgIpc) is 2.39. The van der Waals surface area contributed by atoms with Crippen LogP contribution >= 0.6 is 0 Å². The summed E-state index contributed by atoms with van der Waals surface area (Å²) in [5.41, 5.74) is 0.295. The number of aliphatic hydroxyl groups is 2. The van der Waals surface area contributed by atoms with Crippen molar-refractivity contribution in [2.45, 2.75) is 18.9 Å². The first kappa shape index (κ1) is 14.2. The van der Waals surface area contributed by atoms with Crippen LogP contribution in [0.3, 0.4) is 0 Å². The van der Waals surface area contributed by atoms with Crippen LogP contribution in [0.1, 0.15) is 18.1 Å². The fourth-order valence-corrected chi connectivity index (χ4v) is 1.39. The molecule has 5 nitrogen and oxygen atoms in total. The van der Waals surface area contributed by atoms with E-state index in [0.717, 1.165) is 5.56 Å². The van der Waals surface area contributed by atoms with Crippen LogP contribution in [0.2, 0.25) is 0 Å². The van der Waals surface area contributed by atoms with Gasteiger partial charge in [-0.05, 0) is 24.6 Å². The van der Waals surface area contributed by atoms with Gasteiger partial charge in [-0.25, -0.2) is 0 Å². The summed E-state index contributed by atoms with van der Waals surface area (Å²) in [6.45, 7) is 0.898. The van der Waals surface area contributed by atoms with E-state index in [0.29, 0.717) is 5.56 Å². The van der Waals surface area contributed by atoms with Crippen molar-refractivity contribution in [3.63, 3.8) is 0 Å². The lowest BCUT2D eigenvalue weighted by Gasteiger charge is -2.26. The number of amides is 1. The lowest BCUT2D eigenvalue weighted by Crippen LogP contribution is -2.52. The fourth-order valence-electron chi connectivity index (χ4n) is 1.39. The van der Waals surface area contributed by atoms with Gasteiger partial charge in [0.1, 0.15) is 0 Å². The van der Waals surface area contributed by atoms with Crippen LogP contribution in [0.4, 0.5) is 0 Å². The third-order valence-corrected chi connectivity index (χ3v) is 2.59. The molecule has 0 aliphatic carbocycles.